The number of benzene rings is 1. The summed E-state index contributed by atoms with van der Waals surface area (Å²) in [6.45, 7) is 0.475. The Hall–Kier alpha value is -0.770. The Labute approximate surface area is 117 Å². The van der Waals surface area contributed by atoms with Crippen LogP contribution in [0.3, 0.4) is 0 Å². The standard InChI is InChI=1S/C12H8BrCl2NO/c13-9-3-4-16(12(17)6-9)7-8-1-2-10(14)11(15)5-8/h1-6H,7H2. The molecule has 0 saturated heterocycles. The highest BCUT2D eigenvalue weighted by molar-refractivity contribution is 9.10. The van der Waals surface area contributed by atoms with Crippen molar-refractivity contribution >= 4 is 39.1 Å². The van der Waals surface area contributed by atoms with Crippen molar-refractivity contribution in [1.29, 1.82) is 0 Å². The van der Waals surface area contributed by atoms with E-state index in [-0.39, 0.29) is 5.56 Å². The highest BCUT2D eigenvalue weighted by Crippen LogP contribution is 2.22. The number of rotatable bonds is 2. The summed E-state index contributed by atoms with van der Waals surface area (Å²) in [5.74, 6) is 0. The zero-order chi connectivity index (χ0) is 12.4. The Morgan fingerprint density at radius 1 is 1.12 bits per heavy atom. The molecule has 1 heterocycles. The highest BCUT2D eigenvalue weighted by atomic mass is 79.9. The number of halogens is 3. The van der Waals surface area contributed by atoms with Gasteiger partial charge in [-0.1, -0.05) is 45.2 Å². The third-order valence-electron chi connectivity index (χ3n) is 2.30. The van der Waals surface area contributed by atoms with E-state index in [4.69, 9.17) is 23.2 Å². The second-order valence-electron chi connectivity index (χ2n) is 3.56. The lowest BCUT2D eigenvalue weighted by atomic mass is 10.2. The van der Waals surface area contributed by atoms with Crippen LogP contribution in [0.2, 0.25) is 10.0 Å². The van der Waals surface area contributed by atoms with Gasteiger partial charge in [-0.15, -0.1) is 0 Å². The summed E-state index contributed by atoms with van der Waals surface area (Å²) in [4.78, 5) is 11.7. The van der Waals surface area contributed by atoms with Gasteiger partial charge in [0.15, 0.2) is 0 Å². The maximum Gasteiger partial charge on any atom is 0.251 e. The first-order valence-corrected chi connectivity index (χ1v) is 6.41. The van der Waals surface area contributed by atoms with Crippen molar-refractivity contribution in [2.24, 2.45) is 0 Å². The Morgan fingerprint density at radius 3 is 2.53 bits per heavy atom. The van der Waals surface area contributed by atoms with Gasteiger partial charge in [-0.2, -0.15) is 0 Å². The minimum Gasteiger partial charge on any atom is -0.311 e. The van der Waals surface area contributed by atoms with Crippen molar-refractivity contribution in [1.82, 2.24) is 4.57 Å². The van der Waals surface area contributed by atoms with Crippen LogP contribution in [0.1, 0.15) is 5.56 Å². The van der Waals surface area contributed by atoms with E-state index >= 15 is 0 Å². The Morgan fingerprint density at radius 2 is 1.88 bits per heavy atom. The number of pyridine rings is 1. The zero-order valence-corrected chi connectivity index (χ0v) is 11.8. The molecule has 0 saturated carbocycles. The monoisotopic (exact) mass is 331 g/mol. The van der Waals surface area contributed by atoms with Crippen LogP contribution >= 0.6 is 39.1 Å². The van der Waals surface area contributed by atoms with Crippen LogP contribution in [-0.2, 0) is 6.54 Å². The molecule has 1 aromatic carbocycles. The van der Waals surface area contributed by atoms with Crippen molar-refractivity contribution in [3.05, 3.63) is 67.0 Å². The van der Waals surface area contributed by atoms with Crippen LogP contribution in [0.5, 0.6) is 0 Å². The van der Waals surface area contributed by atoms with Crippen molar-refractivity contribution in [2.75, 3.05) is 0 Å². The lowest BCUT2D eigenvalue weighted by Crippen LogP contribution is -2.18. The summed E-state index contributed by atoms with van der Waals surface area (Å²) in [5, 5.41) is 1.01. The third kappa shape index (κ3) is 3.12. The minimum absolute atomic E-state index is 0.0644. The van der Waals surface area contributed by atoms with Crippen molar-refractivity contribution < 1.29 is 0 Å². The fourth-order valence-electron chi connectivity index (χ4n) is 1.45. The minimum atomic E-state index is -0.0644. The fourth-order valence-corrected chi connectivity index (χ4v) is 2.08. The van der Waals surface area contributed by atoms with Crippen molar-refractivity contribution in [3.8, 4) is 0 Å². The second-order valence-corrected chi connectivity index (χ2v) is 5.29. The molecule has 0 spiro atoms. The normalized spacial score (nSPS) is 10.5. The van der Waals surface area contributed by atoms with E-state index < -0.39 is 0 Å². The van der Waals surface area contributed by atoms with Gasteiger partial charge in [0.1, 0.15) is 0 Å². The summed E-state index contributed by atoms with van der Waals surface area (Å²) < 4.78 is 2.37. The molecule has 0 radical (unpaired) electrons. The summed E-state index contributed by atoms with van der Waals surface area (Å²) in [5.41, 5.74) is 0.870. The van der Waals surface area contributed by atoms with Crippen LogP contribution < -0.4 is 5.56 Å². The van der Waals surface area contributed by atoms with Gasteiger partial charge in [-0.3, -0.25) is 4.79 Å². The first-order valence-electron chi connectivity index (χ1n) is 4.86. The van der Waals surface area contributed by atoms with E-state index in [9.17, 15) is 4.79 Å². The number of hydrogen-bond acceptors (Lipinski definition) is 1. The van der Waals surface area contributed by atoms with Crippen LogP contribution in [0.15, 0.2) is 45.8 Å². The first kappa shape index (κ1) is 12.7. The molecule has 0 aliphatic rings. The molecule has 0 amide bonds. The number of hydrogen-bond donors (Lipinski definition) is 0. The molecule has 0 bridgehead atoms. The molecule has 2 nitrogen and oxygen atoms in total. The molecule has 0 aliphatic carbocycles. The quantitative estimate of drug-likeness (QED) is 0.815. The topological polar surface area (TPSA) is 22.0 Å². The van der Waals surface area contributed by atoms with E-state index in [1.54, 1.807) is 22.9 Å². The summed E-state index contributed by atoms with van der Waals surface area (Å²) in [6, 6.07) is 8.68. The molecule has 0 fully saturated rings. The maximum absolute atomic E-state index is 11.7. The average Bonchev–Trinajstić information content (AvgIpc) is 2.27. The third-order valence-corrected chi connectivity index (χ3v) is 3.53. The van der Waals surface area contributed by atoms with E-state index in [1.165, 1.54) is 6.07 Å². The molecule has 17 heavy (non-hydrogen) atoms. The van der Waals surface area contributed by atoms with Gasteiger partial charge in [0.25, 0.3) is 5.56 Å². The maximum atomic E-state index is 11.7. The molecule has 0 N–H and O–H groups in total. The van der Waals surface area contributed by atoms with Gasteiger partial charge in [-0.05, 0) is 23.8 Å². The molecular weight excluding hydrogens is 325 g/mol. The number of nitrogens with zero attached hydrogens (tertiary/aromatic N) is 1. The molecule has 1 aromatic heterocycles. The molecular formula is C12H8BrCl2NO. The Bertz CT molecular complexity index is 610. The SMILES string of the molecule is O=c1cc(Br)ccn1Cc1ccc(Cl)c(Cl)c1. The van der Waals surface area contributed by atoms with Gasteiger partial charge in [0.2, 0.25) is 0 Å². The Balaban J connectivity index is 2.31. The molecule has 0 unspecified atom stereocenters. The smallest absolute Gasteiger partial charge is 0.251 e. The first-order chi connectivity index (χ1) is 8.06. The van der Waals surface area contributed by atoms with E-state index in [0.717, 1.165) is 10.0 Å². The summed E-state index contributed by atoms with van der Waals surface area (Å²) in [6.07, 6.45) is 1.73. The molecule has 88 valence electrons. The van der Waals surface area contributed by atoms with Crippen LogP contribution in [0.25, 0.3) is 0 Å². The van der Waals surface area contributed by atoms with Crippen LogP contribution in [-0.4, -0.2) is 4.57 Å². The van der Waals surface area contributed by atoms with Gasteiger partial charge in [-0.25, -0.2) is 0 Å². The van der Waals surface area contributed by atoms with E-state index in [0.29, 0.717) is 16.6 Å². The molecule has 2 rings (SSSR count). The molecule has 5 heteroatoms. The van der Waals surface area contributed by atoms with Crippen LogP contribution in [0, 0.1) is 0 Å². The van der Waals surface area contributed by atoms with Crippen molar-refractivity contribution in [3.63, 3.8) is 0 Å². The van der Waals surface area contributed by atoms with E-state index in [1.807, 2.05) is 12.1 Å². The molecule has 0 aliphatic heterocycles. The van der Waals surface area contributed by atoms with E-state index in [2.05, 4.69) is 15.9 Å². The van der Waals surface area contributed by atoms with Gasteiger partial charge in [0, 0.05) is 16.7 Å². The zero-order valence-electron chi connectivity index (χ0n) is 8.66. The lowest BCUT2D eigenvalue weighted by molar-refractivity contribution is 0.758. The predicted octanol–water partition coefficient (Wildman–Crippen LogP) is 3.97. The van der Waals surface area contributed by atoms with Gasteiger partial charge < -0.3 is 4.57 Å². The lowest BCUT2D eigenvalue weighted by Gasteiger charge is -2.06. The van der Waals surface area contributed by atoms with Gasteiger partial charge in [0.05, 0.1) is 16.6 Å². The molecule has 0 atom stereocenters. The predicted molar refractivity (Wildman–Crippen MR) is 74.0 cm³/mol. The highest BCUT2D eigenvalue weighted by Gasteiger charge is 2.02. The van der Waals surface area contributed by atoms with Crippen molar-refractivity contribution in [2.45, 2.75) is 6.54 Å². The summed E-state index contributed by atoms with van der Waals surface area (Å²) in [7, 11) is 0. The Kier molecular flexibility index (Phi) is 3.92. The largest absolute Gasteiger partial charge is 0.311 e. The summed E-state index contributed by atoms with van der Waals surface area (Å²) >= 11 is 15.0. The average molecular weight is 333 g/mol. The number of aromatic nitrogens is 1. The van der Waals surface area contributed by atoms with Crippen LogP contribution in [0.4, 0.5) is 0 Å². The second kappa shape index (κ2) is 5.25. The van der Waals surface area contributed by atoms with Gasteiger partial charge >= 0.3 is 0 Å². The molecule has 2 aromatic rings. The fraction of sp³-hybridized carbons (Fsp3) is 0.0833.